The maximum Gasteiger partial charge on any atom is 0.482 e. The number of esters is 1. The van der Waals surface area contributed by atoms with E-state index in [-0.39, 0.29) is 36.1 Å². The minimum atomic E-state index is -0.669. The zero-order chi connectivity index (χ0) is 36.1. The summed E-state index contributed by atoms with van der Waals surface area (Å²) >= 11 is 0. The zero-order valence-corrected chi connectivity index (χ0v) is 31.5. The highest BCUT2D eigenvalue weighted by Gasteiger charge is 2.68. The van der Waals surface area contributed by atoms with Gasteiger partial charge in [0.25, 0.3) is 0 Å². The zero-order valence-electron chi connectivity index (χ0n) is 31.5. The third-order valence-electron chi connectivity index (χ3n) is 11.2. The largest absolute Gasteiger partial charge is 0.496 e. The monoisotopic (exact) mass is 683 g/mol. The molecule has 5 atom stereocenters. The van der Waals surface area contributed by atoms with Gasteiger partial charge in [-0.1, -0.05) is 26.0 Å². The van der Waals surface area contributed by atoms with Crippen molar-refractivity contribution in [1.29, 1.82) is 0 Å². The van der Waals surface area contributed by atoms with Gasteiger partial charge in [-0.05, 0) is 109 Å². The number of para-hydroxylation sites is 1. The quantitative estimate of drug-likeness (QED) is 0.274. The average molecular weight is 684 g/mol. The molecule has 11 nitrogen and oxygen atoms in total. The van der Waals surface area contributed by atoms with Crippen molar-refractivity contribution >= 4 is 25.1 Å². The number of amides is 2. The van der Waals surface area contributed by atoms with Crippen LogP contribution in [0.25, 0.3) is 0 Å². The van der Waals surface area contributed by atoms with Gasteiger partial charge < -0.3 is 33.7 Å². The van der Waals surface area contributed by atoms with E-state index in [0.717, 1.165) is 31.2 Å². The van der Waals surface area contributed by atoms with Crippen molar-refractivity contribution < 1.29 is 37.9 Å². The van der Waals surface area contributed by atoms with Gasteiger partial charge in [0.05, 0.1) is 31.3 Å². The molecule has 5 unspecified atom stereocenters. The predicted molar refractivity (Wildman–Crippen MR) is 187 cm³/mol. The molecule has 49 heavy (non-hydrogen) atoms. The number of hydrogen-bond acceptors (Lipinski definition) is 9. The second-order valence-electron chi connectivity index (χ2n) is 17.3. The second-order valence-corrected chi connectivity index (χ2v) is 17.3. The first-order chi connectivity index (χ1) is 22.7. The molecule has 2 saturated heterocycles. The third kappa shape index (κ3) is 8.07. The van der Waals surface area contributed by atoms with Crippen LogP contribution in [0.2, 0.25) is 0 Å². The maximum absolute atomic E-state index is 13.8. The van der Waals surface area contributed by atoms with Crippen LogP contribution < -0.4 is 10.1 Å². The van der Waals surface area contributed by atoms with Gasteiger partial charge in [-0.15, -0.1) is 0 Å². The fourth-order valence-electron chi connectivity index (χ4n) is 8.41. The Hall–Kier alpha value is -2.83. The fourth-order valence-corrected chi connectivity index (χ4v) is 8.41. The Kier molecular flexibility index (Phi) is 10.5. The van der Waals surface area contributed by atoms with Gasteiger partial charge >= 0.3 is 19.2 Å². The summed E-state index contributed by atoms with van der Waals surface area (Å²) in [5, 5.41) is 3.26. The molecule has 3 saturated carbocycles. The number of rotatable bonds is 9. The van der Waals surface area contributed by atoms with Gasteiger partial charge in [-0.2, -0.15) is 0 Å². The highest BCUT2D eigenvalue weighted by Crippen LogP contribution is 2.65. The van der Waals surface area contributed by atoms with Crippen LogP contribution in [0.1, 0.15) is 104 Å². The van der Waals surface area contributed by atoms with Crippen LogP contribution in [0, 0.1) is 17.3 Å². The maximum atomic E-state index is 13.8. The van der Waals surface area contributed by atoms with Crippen molar-refractivity contribution in [1.82, 2.24) is 15.1 Å². The second kappa shape index (κ2) is 13.7. The lowest BCUT2D eigenvalue weighted by molar-refractivity contribution is -0.199. The Morgan fingerprint density at radius 3 is 2.29 bits per heavy atom. The van der Waals surface area contributed by atoms with Crippen LogP contribution in [0.4, 0.5) is 4.79 Å². The molecule has 6 rings (SSSR count). The lowest BCUT2D eigenvalue weighted by atomic mass is 9.43. The van der Waals surface area contributed by atoms with Crippen LogP contribution >= 0.6 is 0 Å². The molecule has 0 aromatic heterocycles. The number of ether oxygens (including phenoxy) is 3. The predicted octanol–water partition coefficient (Wildman–Crippen LogP) is 5.28. The van der Waals surface area contributed by atoms with Crippen molar-refractivity contribution in [2.24, 2.45) is 17.3 Å². The van der Waals surface area contributed by atoms with E-state index < -0.39 is 35.8 Å². The van der Waals surface area contributed by atoms with E-state index in [0.29, 0.717) is 42.7 Å². The Morgan fingerprint density at radius 2 is 1.69 bits per heavy atom. The van der Waals surface area contributed by atoms with Crippen molar-refractivity contribution in [3.63, 3.8) is 0 Å². The van der Waals surface area contributed by atoms with Gasteiger partial charge in [0.15, 0.2) is 0 Å². The van der Waals surface area contributed by atoms with Gasteiger partial charge in [-0.3, -0.25) is 9.69 Å². The molecule has 0 radical (unpaired) electrons. The fraction of sp³-hybridized carbons (Fsp3) is 0.757. The molecule has 2 bridgehead atoms. The van der Waals surface area contributed by atoms with Crippen LogP contribution in [0.5, 0.6) is 5.75 Å². The molecule has 1 aromatic rings. The molecule has 2 heterocycles. The number of piperidine rings is 1. The number of nitrogens with zero attached hydrogens (tertiary/aromatic N) is 2. The van der Waals surface area contributed by atoms with Crippen molar-refractivity contribution in [2.45, 2.75) is 129 Å². The van der Waals surface area contributed by atoms with E-state index in [1.165, 1.54) is 7.11 Å². The summed E-state index contributed by atoms with van der Waals surface area (Å²) in [6, 6.07) is 5.46. The number of hydrogen-bond donors (Lipinski definition) is 1. The van der Waals surface area contributed by atoms with Crippen molar-refractivity contribution in [3.8, 4) is 5.75 Å². The normalized spacial score (nSPS) is 27.4. The Bertz CT molecular complexity index is 1400. The first-order valence-electron chi connectivity index (χ1n) is 17.9. The van der Waals surface area contributed by atoms with E-state index in [1.54, 1.807) is 18.0 Å². The summed E-state index contributed by atoms with van der Waals surface area (Å²) in [7, 11) is 2.65. The van der Waals surface area contributed by atoms with Crippen LogP contribution in [-0.4, -0.2) is 104 Å². The summed E-state index contributed by atoms with van der Waals surface area (Å²) in [6.45, 7) is 19.4. The molecule has 2 aliphatic heterocycles. The van der Waals surface area contributed by atoms with Gasteiger partial charge in [0.2, 0.25) is 5.91 Å². The molecular formula is C37H58BN3O8. The highest BCUT2D eigenvalue weighted by atomic mass is 16.7. The summed E-state index contributed by atoms with van der Waals surface area (Å²) in [5.41, 5.74) is -0.414. The van der Waals surface area contributed by atoms with E-state index in [4.69, 9.17) is 23.5 Å². The van der Waals surface area contributed by atoms with E-state index >= 15 is 0 Å². The van der Waals surface area contributed by atoms with Crippen molar-refractivity contribution in [3.05, 3.63) is 29.3 Å². The van der Waals surface area contributed by atoms with Gasteiger partial charge in [0, 0.05) is 26.2 Å². The Labute approximate surface area is 293 Å². The first-order valence-corrected chi connectivity index (χ1v) is 17.9. The molecule has 5 fully saturated rings. The molecule has 5 aliphatic rings. The standard InChI is InChI=1S/C37H58BN3O8/c1-34(2,3)46-32(43)26-14-12-13-23(31(26)45-11)19-29(38-48-28-21-24-20-27(36(24,7)8)37(28,9)49-38)39-30(42)22-41-17-15-25(16-18-41)40(10)33(44)47-35(4,5)6/h12-14,24-25,27-29H,15-22H2,1-11H3,(H,39,42). The summed E-state index contributed by atoms with van der Waals surface area (Å²) in [5.74, 6) is 0.236. The lowest BCUT2D eigenvalue weighted by Gasteiger charge is -2.64. The molecule has 0 spiro atoms. The Balaban J connectivity index is 1.30. The van der Waals surface area contributed by atoms with Gasteiger partial charge in [-0.25, -0.2) is 9.59 Å². The summed E-state index contributed by atoms with van der Waals surface area (Å²) in [6.07, 6.45) is 3.50. The molecule has 12 heteroatoms. The first kappa shape index (κ1) is 37.4. The lowest BCUT2D eigenvalue weighted by Crippen LogP contribution is -2.65. The molecule has 272 valence electrons. The topological polar surface area (TPSA) is 116 Å². The summed E-state index contributed by atoms with van der Waals surface area (Å²) in [4.78, 5) is 43.3. The van der Waals surface area contributed by atoms with Crippen LogP contribution in [0.15, 0.2) is 18.2 Å². The minimum Gasteiger partial charge on any atom is -0.496 e. The third-order valence-corrected chi connectivity index (χ3v) is 11.2. The number of likely N-dealkylation sites (tertiary alicyclic amines) is 1. The minimum absolute atomic E-state index is 0.0477. The number of carbonyl (C=O) groups excluding carboxylic acids is 3. The number of nitrogens with one attached hydrogen (secondary N) is 1. The van der Waals surface area contributed by atoms with E-state index in [1.807, 2.05) is 53.7 Å². The molecule has 3 aliphatic carbocycles. The number of benzene rings is 1. The van der Waals surface area contributed by atoms with E-state index in [2.05, 4.69) is 31.0 Å². The molecule has 2 amide bonds. The number of carbonyl (C=O) groups is 3. The van der Waals surface area contributed by atoms with E-state index in [9.17, 15) is 14.4 Å². The van der Waals surface area contributed by atoms with Crippen LogP contribution in [-0.2, 0) is 30.0 Å². The van der Waals surface area contributed by atoms with Crippen LogP contribution in [0.3, 0.4) is 0 Å². The molecular weight excluding hydrogens is 625 g/mol. The highest BCUT2D eigenvalue weighted by molar-refractivity contribution is 6.48. The smallest absolute Gasteiger partial charge is 0.482 e. The molecule has 1 aromatic carbocycles. The molecule has 1 N–H and O–H groups in total. The summed E-state index contributed by atoms with van der Waals surface area (Å²) < 4.78 is 30.5. The van der Waals surface area contributed by atoms with Gasteiger partial charge in [0.1, 0.15) is 22.5 Å². The average Bonchev–Trinajstić information content (AvgIpc) is 3.36. The van der Waals surface area contributed by atoms with Crippen molar-refractivity contribution in [2.75, 3.05) is 33.8 Å². The Morgan fingerprint density at radius 1 is 1.04 bits per heavy atom. The number of methoxy groups -OCH3 is 1. The SMILES string of the molecule is COc1c(CC(NC(=O)CN2CCC(N(C)C(=O)OC(C)(C)C)CC2)B2OC3CC4CC(C4(C)C)C3(C)O2)cccc1C(=O)OC(C)(C)C.